The van der Waals surface area contributed by atoms with E-state index in [1.54, 1.807) is 13.0 Å². The molecule has 1 aliphatic rings. The first-order valence-corrected chi connectivity index (χ1v) is 8.86. The lowest BCUT2D eigenvalue weighted by Crippen LogP contribution is -2.29. The van der Waals surface area contributed by atoms with Gasteiger partial charge < -0.3 is 15.3 Å². The molecule has 26 heavy (non-hydrogen) atoms. The maximum absolute atomic E-state index is 13.2. The quantitative estimate of drug-likeness (QED) is 0.859. The number of anilines is 1. The number of halogens is 1. The van der Waals surface area contributed by atoms with Crippen LogP contribution in [0.5, 0.6) is 0 Å². The first kappa shape index (κ1) is 18.1. The van der Waals surface area contributed by atoms with E-state index in [0.29, 0.717) is 28.4 Å². The highest BCUT2D eigenvalue weighted by Crippen LogP contribution is 2.30. The molecule has 1 unspecified atom stereocenters. The van der Waals surface area contributed by atoms with Crippen molar-refractivity contribution in [3.8, 4) is 0 Å². The number of nitrogens with one attached hydrogen (secondary N) is 1. The summed E-state index contributed by atoms with van der Waals surface area (Å²) in [5.74, 6) is -2.63. The molecule has 2 aromatic rings. The lowest BCUT2D eigenvalue weighted by atomic mass is 10.1. The molecule has 2 amide bonds. The molecule has 0 spiro atoms. The molecule has 6 nitrogen and oxygen atoms in total. The number of aliphatic carboxylic acids is 1. The van der Waals surface area contributed by atoms with Gasteiger partial charge in [0.1, 0.15) is 5.82 Å². The summed E-state index contributed by atoms with van der Waals surface area (Å²) in [6.07, 6.45) is 0.439. The van der Waals surface area contributed by atoms with E-state index >= 15 is 0 Å². The predicted octanol–water partition coefficient (Wildman–Crippen LogP) is 2.99. The van der Waals surface area contributed by atoms with Crippen LogP contribution >= 0.6 is 11.3 Å². The van der Waals surface area contributed by atoms with E-state index in [0.717, 1.165) is 17.4 Å². The number of benzene rings is 1. The van der Waals surface area contributed by atoms with Gasteiger partial charge in [0.05, 0.1) is 15.8 Å². The Bertz CT molecular complexity index is 880. The molecule has 1 aromatic heterocycles. The van der Waals surface area contributed by atoms with Crippen molar-refractivity contribution in [3.63, 3.8) is 0 Å². The van der Waals surface area contributed by atoms with Gasteiger partial charge in [-0.1, -0.05) is 6.07 Å². The maximum Gasteiger partial charge on any atom is 0.308 e. The van der Waals surface area contributed by atoms with E-state index in [1.165, 1.54) is 23.1 Å². The van der Waals surface area contributed by atoms with E-state index in [9.17, 15) is 18.8 Å². The number of carbonyl (C=O) groups is 3. The first-order chi connectivity index (χ1) is 12.3. The Morgan fingerprint density at radius 3 is 2.73 bits per heavy atom. The molecule has 1 saturated heterocycles. The SMILES string of the molecule is Cc1cc(NC(=O)c2cccc(F)c2)sc1C(=O)N1CCC(C(=O)O)C1. The summed E-state index contributed by atoms with van der Waals surface area (Å²) in [7, 11) is 0. The van der Waals surface area contributed by atoms with Crippen LogP contribution < -0.4 is 5.32 Å². The topological polar surface area (TPSA) is 86.7 Å². The fraction of sp³-hybridized carbons (Fsp3) is 0.278. The van der Waals surface area contributed by atoms with Crippen molar-refractivity contribution in [2.75, 3.05) is 18.4 Å². The number of nitrogens with zero attached hydrogens (tertiary/aromatic N) is 1. The number of thiophene rings is 1. The third-order valence-corrected chi connectivity index (χ3v) is 5.40. The standard InChI is InChI=1S/C18H17FN2O4S/c1-10-7-14(20-16(22)11-3-2-4-13(19)8-11)26-15(10)17(23)21-6-5-12(9-21)18(24)25/h2-4,7-8,12H,5-6,9H2,1H3,(H,20,22)(H,24,25). The van der Waals surface area contributed by atoms with Gasteiger partial charge in [-0.2, -0.15) is 0 Å². The zero-order valence-electron chi connectivity index (χ0n) is 14.0. The number of amides is 2. The minimum atomic E-state index is -0.897. The van der Waals surface area contributed by atoms with E-state index < -0.39 is 23.6 Å². The molecule has 0 bridgehead atoms. The average Bonchev–Trinajstić information content (AvgIpc) is 3.21. The summed E-state index contributed by atoms with van der Waals surface area (Å²) in [6, 6.07) is 7.02. The van der Waals surface area contributed by atoms with E-state index in [2.05, 4.69) is 5.32 Å². The Labute approximate surface area is 153 Å². The third-order valence-electron chi connectivity index (χ3n) is 4.26. The Morgan fingerprint density at radius 1 is 1.31 bits per heavy atom. The normalized spacial score (nSPS) is 16.5. The Balaban J connectivity index is 1.72. The van der Waals surface area contributed by atoms with Crippen molar-refractivity contribution in [1.82, 2.24) is 4.90 Å². The lowest BCUT2D eigenvalue weighted by molar-refractivity contribution is -0.141. The number of rotatable bonds is 4. The number of carboxylic acid groups (broad SMARTS) is 1. The Hall–Kier alpha value is -2.74. The van der Waals surface area contributed by atoms with Gasteiger partial charge in [0, 0.05) is 18.7 Å². The van der Waals surface area contributed by atoms with Crippen LogP contribution in [0.25, 0.3) is 0 Å². The van der Waals surface area contributed by atoms with Crippen LogP contribution in [-0.4, -0.2) is 40.9 Å². The van der Waals surface area contributed by atoms with Gasteiger partial charge in [-0.3, -0.25) is 14.4 Å². The maximum atomic E-state index is 13.2. The van der Waals surface area contributed by atoms with Crippen molar-refractivity contribution >= 4 is 34.1 Å². The molecular weight excluding hydrogens is 359 g/mol. The fourth-order valence-corrected chi connectivity index (χ4v) is 3.90. The van der Waals surface area contributed by atoms with Crippen molar-refractivity contribution in [1.29, 1.82) is 0 Å². The minimum Gasteiger partial charge on any atom is -0.481 e. The van der Waals surface area contributed by atoms with Crippen molar-refractivity contribution in [2.45, 2.75) is 13.3 Å². The third kappa shape index (κ3) is 3.75. The molecule has 2 heterocycles. The smallest absolute Gasteiger partial charge is 0.308 e. The largest absolute Gasteiger partial charge is 0.481 e. The average molecular weight is 376 g/mol. The zero-order chi connectivity index (χ0) is 18.8. The van der Waals surface area contributed by atoms with E-state index in [4.69, 9.17) is 5.11 Å². The lowest BCUT2D eigenvalue weighted by Gasteiger charge is -2.15. The van der Waals surface area contributed by atoms with Gasteiger partial charge in [-0.15, -0.1) is 11.3 Å². The van der Waals surface area contributed by atoms with E-state index in [1.807, 2.05) is 0 Å². The van der Waals surface area contributed by atoms with Crippen molar-refractivity contribution in [2.24, 2.45) is 5.92 Å². The van der Waals surface area contributed by atoms with E-state index in [-0.39, 0.29) is 18.0 Å². The number of carboxylic acids is 1. The van der Waals surface area contributed by atoms with Gasteiger partial charge in [0.15, 0.2) is 0 Å². The fourth-order valence-electron chi connectivity index (χ4n) is 2.86. The summed E-state index contributed by atoms with van der Waals surface area (Å²) in [5.41, 5.74) is 0.890. The molecule has 1 aromatic carbocycles. The van der Waals surface area contributed by atoms with Gasteiger partial charge in [-0.25, -0.2) is 4.39 Å². The monoisotopic (exact) mass is 376 g/mol. The number of hydrogen-bond acceptors (Lipinski definition) is 4. The molecule has 0 aliphatic carbocycles. The highest BCUT2D eigenvalue weighted by Gasteiger charge is 2.32. The second-order valence-electron chi connectivity index (χ2n) is 6.16. The number of hydrogen-bond donors (Lipinski definition) is 2. The molecule has 8 heteroatoms. The molecule has 136 valence electrons. The van der Waals surface area contributed by atoms with Gasteiger partial charge >= 0.3 is 5.97 Å². The van der Waals surface area contributed by atoms with Crippen LogP contribution in [0, 0.1) is 18.7 Å². The molecular formula is C18H17FN2O4S. The van der Waals surface area contributed by atoms with Crippen LogP contribution in [0.3, 0.4) is 0 Å². The van der Waals surface area contributed by atoms with Gasteiger partial charge in [0.25, 0.3) is 11.8 Å². The molecule has 2 N–H and O–H groups in total. The highest BCUT2D eigenvalue weighted by atomic mass is 32.1. The van der Waals surface area contributed by atoms with Crippen LogP contribution in [0.1, 0.15) is 32.0 Å². The molecule has 1 fully saturated rings. The molecule has 1 atom stereocenters. The first-order valence-electron chi connectivity index (χ1n) is 8.04. The van der Waals surface area contributed by atoms with Crippen LogP contribution in [0.2, 0.25) is 0 Å². The second kappa shape index (κ2) is 7.25. The van der Waals surface area contributed by atoms with Crippen molar-refractivity contribution < 1.29 is 23.9 Å². The summed E-state index contributed by atoms with van der Waals surface area (Å²) >= 11 is 1.13. The Morgan fingerprint density at radius 2 is 2.08 bits per heavy atom. The highest BCUT2D eigenvalue weighted by molar-refractivity contribution is 7.18. The molecule has 3 rings (SSSR count). The summed E-state index contributed by atoms with van der Waals surface area (Å²) in [6.45, 7) is 2.35. The summed E-state index contributed by atoms with van der Waals surface area (Å²) < 4.78 is 13.2. The van der Waals surface area contributed by atoms with Crippen LogP contribution in [0.15, 0.2) is 30.3 Å². The number of aryl methyl sites for hydroxylation is 1. The van der Waals surface area contributed by atoms with Gasteiger partial charge in [-0.05, 0) is 43.2 Å². The predicted molar refractivity (Wildman–Crippen MR) is 95.1 cm³/mol. The summed E-state index contributed by atoms with van der Waals surface area (Å²) in [5, 5.41) is 12.2. The minimum absolute atomic E-state index is 0.188. The zero-order valence-corrected chi connectivity index (χ0v) is 14.8. The van der Waals surface area contributed by atoms with Crippen molar-refractivity contribution in [3.05, 3.63) is 52.2 Å². The number of likely N-dealkylation sites (tertiary alicyclic amines) is 1. The molecule has 0 saturated carbocycles. The number of carbonyl (C=O) groups excluding carboxylic acids is 2. The van der Waals surface area contributed by atoms with Gasteiger partial charge in [0.2, 0.25) is 0 Å². The van der Waals surface area contributed by atoms with Crippen LogP contribution in [0.4, 0.5) is 9.39 Å². The second-order valence-corrected chi connectivity index (χ2v) is 7.21. The molecule has 1 aliphatic heterocycles. The summed E-state index contributed by atoms with van der Waals surface area (Å²) in [4.78, 5) is 37.9. The molecule has 0 radical (unpaired) electrons. The van der Waals surface area contributed by atoms with Crippen LogP contribution in [-0.2, 0) is 4.79 Å². The Kier molecular flexibility index (Phi) is 5.03.